The lowest BCUT2D eigenvalue weighted by atomic mass is 10.0. The summed E-state index contributed by atoms with van der Waals surface area (Å²) in [7, 11) is 0. The molecule has 270 valence electrons. The number of hydrogen-bond donors (Lipinski definition) is 3. The number of ether oxygens (including phenoxy) is 1. The molecule has 0 unspecified atom stereocenters. The molecule has 3 N–H and O–H groups in total. The number of halogens is 3. The molecule has 0 saturated heterocycles. The lowest BCUT2D eigenvalue weighted by Gasteiger charge is -2.20. The van der Waals surface area contributed by atoms with Crippen molar-refractivity contribution in [3.05, 3.63) is 136 Å². The molecule has 0 saturated carbocycles. The maximum atomic E-state index is 13.5. The maximum Gasteiger partial charge on any atom is 0.335 e. The van der Waals surface area contributed by atoms with Crippen molar-refractivity contribution in [3.63, 3.8) is 0 Å². The van der Waals surface area contributed by atoms with Crippen LogP contribution in [0.5, 0.6) is 11.5 Å². The molecule has 9 nitrogen and oxygen atoms in total. The van der Waals surface area contributed by atoms with Crippen LogP contribution in [0, 0.1) is 5.82 Å². The zero-order valence-electron chi connectivity index (χ0n) is 28.6. The molecule has 5 aromatic rings. The van der Waals surface area contributed by atoms with Crippen LogP contribution in [0.15, 0.2) is 97.2 Å². The fourth-order valence-electron chi connectivity index (χ4n) is 5.59. The van der Waals surface area contributed by atoms with Gasteiger partial charge in [0.1, 0.15) is 23.1 Å². The molecule has 1 atom stereocenters. The van der Waals surface area contributed by atoms with Crippen LogP contribution >= 0.6 is 23.2 Å². The minimum Gasteiger partial charge on any atom is -0.478 e. The Labute approximate surface area is 311 Å². The summed E-state index contributed by atoms with van der Waals surface area (Å²) < 4.78 is 21.5. The van der Waals surface area contributed by atoms with Crippen LogP contribution in [0.3, 0.4) is 0 Å². The molecular formula is C40H39Cl2FN4O5. The van der Waals surface area contributed by atoms with Gasteiger partial charge in [0.2, 0.25) is 11.8 Å². The summed E-state index contributed by atoms with van der Waals surface area (Å²) in [6.07, 6.45) is 4.76. The number of hydrogen-bond acceptors (Lipinski definition) is 5. The zero-order valence-corrected chi connectivity index (χ0v) is 30.1. The Morgan fingerprint density at radius 1 is 0.885 bits per heavy atom. The molecular weight excluding hydrogens is 706 g/mol. The molecule has 0 aliphatic heterocycles. The summed E-state index contributed by atoms with van der Waals surface area (Å²) >= 11 is 12.7. The number of aromatic carboxylic acids is 1. The average molecular weight is 746 g/mol. The zero-order chi connectivity index (χ0) is 37.0. The van der Waals surface area contributed by atoms with Crippen LogP contribution < -0.4 is 15.4 Å². The summed E-state index contributed by atoms with van der Waals surface area (Å²) in [4.78, 5) is 42.1. The van der Waals surface area contributed by atoms with E-state index in [2.05, 4.69) is 17.6 Å². The van der Waals surface area contributed by atoms with Gasteiger partial charge in [-0.2, -0.15) is 0 Å². The van der Waals surface area contributed by atoms with E-state index in [1.54, 1.807) is 36.4 Å². The minimum atomic E-state index is -1.01. The predicted molar refractivity (Wildman–Crippen MR) is 199 cm³/mol. The number of carboxylic acid groups (broad SMARTS) is 1. The van der Waals surface area contributed by atoms with Crippen LogP contribution in [0.4, 0.5) is 4.39 Å². The number of carbonyl (C=O) groups is 3. The maximum absolute atomic E-state index is 13.5. The third kappa shape index (κ3) is 10.9. The van der Waals surface area contributed by atoms with Crippen molar-refractivity contribution >= 4 is 41.0 Å². The van der Waals surface area contributed by atoms with Crippen molar-refractivity contribution in [1.29, 1.82) is 0 Å². The molecule has 0 fully saturated rings. The highest BCUT2D eigenvalue weighted by atomic mass is 35.5. The smallest absolute Gasteiger partial charge is 0.335 e. The number of unbranched alkanes of at least 4 members (excludes halogenated alkanes) is 1. The Morgan fingerprint density at radius 3 is 2.27 bits per heavy atom. The first-order valence-corrected chi connectivity index (χ1v) is 17.8. The second-order valence-electron chi connectivity index (χ2n) is 12.3. The Kier molecular flexibility index (Phi) is 13.4. The van der Waals surface area contributed by atoms with Gasteiger partial charge in [0, 0.05) is 42.7 Å². The number of rotatable bonds is 17. The van der Waals surface area contributed by atoms with Gasteiger partial charge in [-0.1, -0.05) is 60.8 Å². The molecule has 1 aromatic heterocycles. The van der Waals surface area contributed by atoms with Gasteiger partial charge in [-0.25, -0.2) is 14.2 Å². The van der Waals surface area contributed by atoms with E-state index in [0.717, 1.165) is 24.0 Å². The predicted octanol–water partition coefficient (Wildman–Crippen LogP) is 9.17. The molecule has 0 aliphatic rings. The Hall–Kier alpha value is -5.19. The fourth-order valence-corrected chi connectivity index (χ4v) is 6.10. The third-order valence-corrected chi connectivity index (χ3v) is 8.85. The molecule has 5 rings (SSSR count). The number of aryl methyl sites for hydroxylation is 1. The second kappa shape index (κ2) is 18.3. The number of amides is 2. The van der Waals surface area contributed by atoms with Gasteiger partial charge in [-0.3, -0.25) is 9.59 Å². The molecule has 12 heteroatoms. The topological polar surface area (TPSA) is 123 Å². The number of carbonyl (C=O) groups excluding carboxylic acids is 2. The summed E-state index contributed by atoms with van der Waals surface area (Å²) in [6.45, 7) is 2.98. The number of imidazole rings is 1. The molecule has 4 aromatic carbocycles. The van der Waals surface area contributed by atoms with Crippen LogP contribution in [0.2, 0.25) is 10.0 Å². The average Bonchev–Trinajstić information content (AvgIpc) is 3.54. The number of carboxylic acids is 1. The van der Waals surface area contributed by atoms with Crippen LogP contribution in [0.1, 0.15) is 72.4 Å². The molecule has 0 aliphatic carbocycles. The van der Waals surface area contributed by atoms with Crippen molar-refractivity contribution in [3.8, 4) is 22.8 Å². The van der Waals surface area contributed by atoms with Gasteiger partial charge in [0.15, 0.2) is 0 Å². The third-order valence-electron chi connectivity index (χ3n) is 8.30. The fraction of sp³-hybridized carbons (Fsp3) is 0.250. The lowest BCUT2D eigenvalue weighted by Crippen LogP contribution is -2.32. The summed E-state index contributed by atoms with van der Waals surface area (Å²) in [5.74, 6) is -0.124. The highest BCUT2D eigenvalue weighted by molar-refractivity contribution is 6.36. The van der Waals surface area contributed by atoms with Gasteiger partial charge >= 0.3 is 5.97 Å². The van der Waals surface area contributed by atoms with Crippen LogP contribution in [-0.4, -0.2) is 32.4 Å². The van der Waals surface area contributed by atoms with Crippen molar-refractivity contribution in [2.75, 3.05) is 0 Å². The molecule has 0 radical (unpaired) electrons. The Balaban J connectivity index is 1.32. The molecule has 2 amide bonds. The van der Waals surface area contributed by atoms with Gasteiger partial charge in [0.25, 0.3) is 0 Å². The van der Waals surface area contributed by atoms with E-state index in [1.807, 2.05) is 41.1 Å². The van der Waals surface area contributed by atoms with E-state index in [0.29, 0.717) is 58.0 Å². The number of aromatic nitrogens is 2. The van der Waals surface area contributed by atoms with Crippen molar-refractivity contribution in [2.24, 2.45) is 0 Å². The molecule has 1 heterocycles. The van der Waals surface area contributed by atoms with E-state index in [9.17, 15) is 18.8 Å². The first kappa shape index (κ1) is 38.1. The number of benzene rings is 4. The van der Waals surface area contributed by atoms with Crippen molar-refractivity contribution in [2.45, 2.75) is 64.6 Å². The van der Waals surface area contributed by atoms with Gasteiger partial charge < -0.3 is 25.0 Å². The van der Waals surface area contributed by atoms with Crippen LogP contribution in [-0.2, 0) is 29.1 Å². The molecule has 0 spiro atoms. The number of nitrogens with zero attached hydrogens (tertiary/aromatic N) is 2. The summed E-state index contributed by atoms with van der Waals surface area (Å²) in [6, 6.07) is 24.3. The summed E-state index contributed by atoms with van der Waals surface area (Å²) in [5.41, 5.74) is 3.10. The normalized spacial score (nSPS) is 11.5. The highest BCUT2D eigenvalue weighted by Gasteiger charge is 2.23. The molecule has 52 heavy (non-hydrogen) atoms. The Morgan fingerprint density at radius 2 is 1.60 bits per heavy atom. The van der Waals surface area contributed by atoms with Gasteiger partial charge in [-0.05, 0) is 97.1 Å². The molecule has 0 bridgehead atoms. The minimum absolute atomic E-state index is 0.114. The van der Waals surface area contributed by atoms with E-state index in [4.69, 9.17) is 38.0 Å². The Bertz CT molecular complexity index is 2000. The van der Waals surface area contributed by atoms with Crippen molar-refractivity contribution < 1.29 is 28.6 Å². The van der Waals surface area contributed by atoms with E-state index in [-0.39, 0.29) is 42.6 Å². The lowest BCUT2D eigenvalue weighted by molar-refractivity contribution is -0.123. The first-order chi connectivity index (χ1) is 25.1. The standard InChI is InChI=1S/C40H39Cl2FN4O5/c1-2-3-20-47-25-36(33-19-14-29(41)23-34(33)42)46-39(47)35(45-38(49)9-5-8-37(48)44-24-27-6-4-7-30(43)21-27)22-26-10-15-31(16-11-26)52-32-17-12-28(13-18-32)40(50)51/h4,6-7,10-19,21,23,25,35H,2-3,5,8-9,20,22,24H2,1H3,(H,44,48)(H,45,49)(H,50,51)/t35-/m0/s1. The number of nitrogens with one attached hydrogen (secondary N) is 2. The van der Waals surface area contributed by atoms with Crippen LogP contribution in [0.25, 0.3) is 11.3 Å². The second-order valence-corrected chi connectivity index (χ2v) is 13.2. The van der Waals surface area contributed by atoms with Crippen molar-refractivity contribution in [1.82, 2.24) is 20.2 Å². The monoisotopic (exact) mass is 744 g/mol. The quantitative estimate of drug-likeness (QED) is 0.0873. The van der Waals surface area contributed by atoms with E-state index < -0.39 is 12.0 Å². The van der Waals surface area contributed by atoms with Gasteiger partial charge in [0.05, 0.1) is 22.3 Å². The first-order valence-electron chi connectivity index (χ1n) is 17.0. The van der Waals surface area contributed by atoms with E-state index >= 15 is 0 Å². The summed E-state index contributed by atoms with van der Waals surface area (Å²) in [5, 5.41) is 16.1. The largest absolute Gasteiger partial charge is 0.478 e. The SMILES string of the molecule is CCCCn1cc(-c2ccc(Cl)cc2Cl)nc1[C@H](Cc1ccc(Oc2ccc(C(=O)O)cc2)cc1)NC(=O)CCCC(=O)NCc1cccc(F)c1. The van der Waals surface area contributed by atoms with E-state index in [1.165, 1.54) is 24.3 Å². The van der Waals surface area contributed by atoms with Gasteiger partial charge in [-0.15, -0.1) is 0 Å². The highest BCUT2D eigenvalue weighted by Crippen LogP contribution is 2.32.